The van der Waals surface area contributed by atoms with Crippen LogP contribution in [0.2, 0.25) is 0 Å². The molecular weight excluding hydrogens is 96.1 g/mol. The molecule has 2 nitrogen and oxygen atoms in total. The largest absolute Gasteiger partial charge is 0.359 e. The summed E-state index contributed by atoms with van der Waals surface area (Å²) in [6.07, 6.45) is 3.25. The summed E-state index contributed by atoms with van der Waals surface area (Å²) in [6.45, 7) is 1.86. The van der Waals surface area contributed by atoms with E-state index in [-0.39, 0.29) is 0 Å². The number of hydrogen-bond donors (Lipinski definition) is 0. The van der Waals surface area contributed by atoms with Crippen molar-refractivity contribution in [3.63, 3.8) is 0 Å². The van der Waals surface area contributed by atoms with Crippen LogP contribution in [0, 0.1) is 0 Å². The van der Waals surface area contributed by atoms with Crippen molar-refractivity contribution in [1.29, 1.82) is 0 Å². The minimum Gasteiger partial charge on any atom is -0.359 e. The summed E-state index contributed by atoms with van der Waals surface area (Å²) >= 11 is 0. The first-order chi connectivity index (χ1) is 2.91. The first kappa shape index (κ1) is 5.72. The van der Waals surface area contributed by atoms with E-state index in [0.29, 0.717) is 10.5 Å². The molecule has 0 radical (unpaired) electrons. The van der Waals surface area contributed by atoms with E-state index in [1.54, 1.807) is 6.08 Å². The summed E-state index contributed by atoms with van der Waals surface area (Å²) < 4.78 is 4.33. The maximum Gasteiger partial charge on any atom is 0.209 e. The van der Waals surface area contributed by atoms with E-state index in [0.717, 1.165) is 0 Å². The molecule has 0 heterocycles. The second kappa shape index (κ2) is 4.72. The molecule has 36 valence electrons. The zero-order valence-electron chi connectivity index (χ0n) is 3.97. The van der Waals surface area contributed by atoms with E-state index in [2.05, 4.69) is 9.46 Å². The van der Waals surface area contributed by atoms with Crippen LogP contribution in [0.1, 0.15) is 6.92 Å². The van der Waals surface area contributed by atoms with E-state index >= 15 is 0 Å². The molecule has 0 aromatic carbocycles. The average molecular weight is 104 g/mol. The summed E-state index contributed by atoms with van der Waals surface area (Å²) in [7, 11) is 0.630. The monoisotopic (exact) mass is 104 g/mol. The van der Waals surface area contributed by atoms with Crippen molar-refractivity contribution < 1.29 is 9.46 Å². The van der Waals surface area contributed by atoms with Gasteiger partial charge in [0, 0.05) is 0 Å². The lowest BCUT2D eigenvalue weighted by Gasteiger charge is -1.87. The maximum atomic E-state index is 4.36. The summed E-state index contributed by atoms with van der Waals surface area (Å²) in [5.74, 6) is 0. The maximum absolute atomic E-state index is 4.36. The van der Waals surface area contributed by atoms with Crippen LogP contribution in [-0.4, -0.2) is 10.5 Å². The van der Waals surface area contributed by atoms with Crippen LogP contribution in [0.3, 0.4) is 0 Å². The molecule has 0 aromatic heterocycles. The Labute approximate surface area is 40.2 Å². The highest BCUT2D eigenvalue weighted by molar-refractivity contribution is 5.97. The molecule has 0 spiro atoms. The Balaban J connectivity index is 2.66. The van der Waals surface area contributed by atoms with Gasteiger partial charge in [-0.25, -0.2) is 0 Å². The van der Waals surface area contributed by atoms with Crippen LogP contribution < -0.4 is 0 Å². The molecule has 0 aliphatic heterocycles. The fourth-order valence-electron chi connectivity index (χ4n) is 0.111. The van der Waals surface area contributed by atoms with Crippen molar-refractivity contribution in [2.24, 2.45) is 0 Å². The van der Waals surface area contributed by atoms with Gasteiger partial charge in [0.25, 0.3) is 0 Å². The van der Waals surface area contributed by atoms with E-state index < -0.39 is 0 Å². The van der Waals surface area contributed by atoms with Gasteiger partial charge in [0.05, 0.1) is 0 Å². The molecule has 0 saturated carbocycles. The van der Waals surface area contributed by atoms with Crippen LogP contribution in [0.25, 0.3) is 0 Å². The Morgan fingerprint density at radius 3 is 2.50 bits per heavy atom. The molecule has 0 aliphatic rings. The molecule has 0 aliphatic carbocycles. The van der Waals surface area contributed by atoms with Crippen LogP contribution in [0.15, 0.2) is 12.3 Å². The van der Waals surface area contributed by atoms with E-state index in [9.17, 15) is 0 Å². The molecule has 0 fully saturated rings. The SMILES string of the molecule is CC=COO[SiH3]. The van der Waals surface area contributed by atoms with Gasteiger partial charge in [-0.2, -0.15) is 0 Å². The topological polar surface area (TPSA) is 18.5 Å². The van der Waals surface area contributed by atoms with Gasteiger partial charge < -0.3 is 4.89 Å². The van der Waals surface area contributed by atoms with Gasteiger partial charge in [-0.1, -0.05) is 0 Å². The van der Waals surface area contributed by atoms with E-state index in [4.69, 9.17) is 0 Å². The minimum atomic E-state index is 0.630. The van der Waals surface area contributed by atoms with Gasteiger partial charge in [0.2, 0.25) is 10.5 Å². The van der Waals surface area contributed by atoms with Gasteiger partial charge in [-0.15, -0.1) is 0 Å². The van der Waals surface area contributed by atoms with Crippen molar-refractivity contribution in [2.75, 3.05) is 0 Å². The second-order valence-corrected chi connectivity index (χ2v) is 1.07. The number of allylic oxidation sites excluding steroid dienone is 1. The highest BCUT2D eigenvalue weighted by Gasteiger charge is 1.58. The van der Waals surface area contributed by atoms with Crippen molar-refractivity contribution in [1.82, 2.24) is 0 Å². The van der Waals surface area contributed by atoms with Crippen molar-refractivity contribution in [2.45, 2.75) is 6.92 Å². The Bertz CT molecular complexity index is 44.1. The molecule has 0 amide bonds. The van der Waals surface area contributed by atoms with Crippen molar-refractivity contribution >= 4 is 10.5 Å². The molecule has 0 atom stereocenters. The Morgan fingerprint density at radius 1 is 1.67 bits per heavy atom. The quantitative estimate of drug-likeness (QED) is 0.208. The second-order valence-electron chi connectivity index (χ2n) is 0.732. The van der Waals surface area contributed by atoms with Gasteiger partial charge in [0.15, 0.2) is 0 Å². The Morgan fingerprint density at radius 2 is 2.33 bits per heavy atom. The van der Waals surface area contributed by atoms with Gasteiger partial charge in [-0.05, 0) is 13.0 Å². The van der Waals surface area contributed by atoms with Crippen molar-refractivity contribution in [3.8, 4) is 0 Å². The molecule has 6 heavy (non-hydrogen) atoms. The third-order valence-corrected chi connectivity index (χ3v) is 0.480. The third kappa shape index (κ3) is 3.72. The highest BCUT2D eigenvalue weighted by atomic mass is 28.2. The fourth-order valence-corrected chi connectivity index (χ4v) is 0.222. The zero-order chi connectivity index (χ0) is 4.83. The van der Waals surface area contributed by atoms with Gasteiger partial charge in [0.1, 0.15) is 6.26 Å². The molecule has 0 aromatic rings. The lowest BCUT2D eigenvalue weighted by Crippen LogP contribution is -1.75. The third-order valence-electron chi connectivity index (χ3n) is 0.288. The molecular formula is C3H8O2Si. The lowest BCUT2D eigenvalue weighted by molar-refractivity contribution is -0.144. The predicted octanol–water partition coefficient (Wildman–Crippen LogP) is -0.251. The predicted molar refractivity (Wildman–Crippen MR) is 26.9 cm³/mol. The first-order valence-electron chi connectivity index (χ1n) is 1.72. The van der Waals surface area contributed by atoms with Crippen LogP contribution in [-0.2, 0) is 9.46 Å². The van der Waals surface area contributed by atoms with Gasteiger partial charge in [-0.3, -0.25) is 4.58 Å². The summed E-state index contributed by atoms with van der Waals surface area (Å²) in [4.78, 5) is 4.36. The highest BCUT2D eigenvalue weighted by Crippen LogP contribution is 1.71. The Kier molecular flexibility index (Phi) is 4.49. The average Bonchev–Trinajstić information content (AvgIpc) is 1.61. The zero-order valence-corrected chi connectivity index (χ0v) is 5.97. The van der Waals surface area contributed by atoms with E-state index in [1.807, 2.05) is 6.92 Å². The lowest BCUT2D eigenvalue weighted by atomic mass is 10.7. The van der Waals surface area contributed by atoms with Gasteiger partial charge >= 0.3 is 0 Å². The van der Waals surface area contributed by atoms with Crippen molar-refractivity contribution in [3.05, 3.63) is 12.3 Å². The fraction of sp³-hybridized carbons (Fsp3) is 0.333. The number of rotatable bonds is 2. The molecule has 0 bridgehead atoms. The molecule has 0 unspecified atom stereocenters. The standard InChI is InChI=1S/C3H8O2Si/c1-2-3-4-5-6/h2-3H,1,6H3. The first-order valence-corrected chi connectivity index (χ1v) is 2.54. The summed E-state index contributed by atoms with van der Waals surface area (Å²) in [5.41, 5.74) is 0. The minimum absolute atomic E-state index is 0.630. The molecule has 0 rings (SSSR count). The van der Waals surface area contributed by atoms with Crippen LogP contribution >= 0.6 is 0 Å². The molecule has 0 N–H and O–H groups in total. The summed E-state index contributed by atoms with van der Waals surface area (Å²) in [6, 6.07) is 0. The smallest absolute Gasteiger partial charge is 0.209 e. The number of hydrogen-bond acceptors (Lipinski definition) is 2. The molecule has 3 heteroatoms. The normalized spacial score (nSPS) is 10.2. The van der Waals surface area contributed by atoms with E-state index in [1.165, 1.54) is 6.26 Å². The van der Waals surface area contributed by atoms with Crippen LogP contribution in [0.5, 0.6) is 0 Å². The Hall–Kier alpha value is -0.283. The van der Waals surface area contributed by atoms with Crippen LogP contribution in [0.4, 0.5) is 0 Å². The molecule has 0 saturated heterocycles. The summed E-state index contributed by atoms with van der Waals surface area (Å²) in [5, 5.41) is 0.